The molecule has 1 aliphatic rings. The zero-order valence-electron chi connectivity index (χ0n) is 16.7. The molecule has 28 heavy (non-hydrogen) atoms. The van der Waals surface area contributed by atoms with Crippen molar-refractivity contribution >= 4 is 5.97 Å². The maximum Gasteiger partial charge on any atom is 0.314 e. The molecule has 4 heteroatoms. The number of aryl methyl sites for hydroxylation is 1. The quantitative estimate of drug-likeness (QED) is 0.213. The van der Waals surface area contributed by atoms with E-state index in [-0.39, 0.29) is 11.9 Å². The third-order valence-electron chi connectivity index (χ3n) is 5.37. The molecule has 0 aromatic heterocycles. The highest BCUT2D eigenvalue weighted by atomic mass is 19.1. The fourth-order valence-corrected chi connectivity index (χ4v) is 3.61. The van der Waals surface area contributed by atoms with Crippen molar-refractivity contribution < 1.29 is 13.9 Å². The average molecular weight is 384 g/mol. The Morgan fingerprint density at radius 1 is 1.25 bits per heavy atom. The number of esters is 1. The molecule has 150 valence electrons. The lowest BCUT2D eigenvalue weighted by Gasteiger charge is -2.26. The van der Waals surface area contributed by atoms with Gasteiger partial charge < -0.3 is 4.74 Å². The van der Waals surface area contributed by atoms with Gasteiger partial charge in [0.25, 0.3) is 0 Å². The minimum Gasteiger partial charge on any atom is -0.426 e. The Morgan fingerprint density at radius 3 is 2.61 bits per heavy atom. The van der Waals surface area contributed by atoms with Crippen molar-refractivity contribution in [1.82, 2.24) is 0 Å². The second-order valence-electron chi connectivity index (χ2n) is 7.52. The van der Waals surface area contributed by atoms with Gasteiger partial charge in [0.1, 0.15) is 11.8 Å². The third kappa shape index (κ3) is 7.68. The van der Waals surface area contributed by atoms with Crippen LogP contribution in [0.25, 0.3) is 0 Å². The maximum atomic E-state index is 12.7. The van der Waals surface area contributed by atoms with E-state index in [0.29, 0.717) is 11.7 Å². The highest BCUT2D eigenvalue weighted by Crippen LogP contribution is 2.32. The number of rotatable bonds is 9. The standard InChI is InChI=1S/C24H30FNO2/c1-2-3-7-19-12-16-23(17-13-19)28-24(27)21-14-10-20(11-15-21)8-5-4-6-9-22(25)18-26/h4,6,9,12-13,16-17,20-21H,2-3,5,7-8,10-11,14-15H2,1H3. The summed E-state index contributed by atoms with van der Waals surface area (Å²) in [6.07, 6.45) is 13.7. The third-order valence-corrected chi connectivity index (χ3v) is 5.37. The topological polar surface area (TPSA) is 50.1 Å². The van der Waals surface area contributed by atoms with E-state index in [9.17, 15) is 9.18 Å². The van der Waals surface area contributed by atoms with Crippen molar-refractivity contribution in [2.75, 3.05) is 0 Å². The molecule has 0 bridgehead atoms. The molecule has 2 rings (SSSR count). The number of hydrogen-bond acceptors (Lipinski definition) is 3. The predicted molar refractivity (Wildman–Crippen MR) is 109 cm³/mol. The lowest BCUT2D eigenvalue weighted by atomic mass is 9.80. The molecule has 0 amide bonds. The highest BCUT2D eigenvalue weighted by Gasteiger charge is 2.27. The Labute approximate surface area is 167 Å². The Kier molecular flexibility index (Phi) is 9.48. The van der Waals surface area contributed by atoms with Crippen LogP contribution >= 0.6 is 0 Å². The first kappa shape index (κ1) is 21.9. The molecule has 0 spiro atoms. The number of halogens is 1. The van der Waals surface area contributed by atoms with Crippen LogP contribution in [0.4, 0.5) is 4.39 Å². The molecule has 0 radical (unpaired) electrons. The minimum absolute atomic E-state index is 0.0146. The van der Waals surface area contributed by atoms with Gasteiger partial charge in [-0.3, -0.25) is 4.79 Å². The van der Waals surface area contributed by atoms with E-state index in [1.165, 1.54) is 30.6 Å². The van der Waals surface area contributed by atoms with Crippen LogP contribution in [-0.2, 0) is 11.2 Å². The van der Waals surface area contributed by atoms with Crippen molar-refractivity contribution in [3.8, 4) is 11.8 Å². The van der Waals surface area contributed by atoms with Gasteiger partial charge in [0.2, 0.25) is 0 Å². The van der Waals surface area contributed by atoms with E-state index >= 15 is 0 Å². The summed E-state index contributed by atoms with van der Waals surface area (Å²) in [5, 5.41) is 8.34. The van der Waals surface area contributed by atoms with Crippen LogP contribution in [0.3, 0.4) is 0 Å². The van der Waals surface area contributed by atoms with Gasteiger partial charge in [-0.2, -0.15) is 9.65 Å². The van der Waals surface area contributed by atoms with Gasteiger partial charge >= 0.3 is 5.97 Å². The molecular weight excluding hydrogens is 353 g/mol. The van der Waals surface area contributed by atoms with Crippen LogP contribution < -0.4 is 4.74 Å². The number of benzene rings is 1. The van der Waals surface area contributed by atoms with Gasteiger partial charge in [-0.15, -0.1) is 0 Å². The smallest absolute Gasteiger partial charge is 0.314 e. The predicted octanol–water partition coefficient (Wildman–Crippen LogP) is 6.45. The van der Waals surface area contributed by atoms with Crippen LogP contribution in [0.5, 0.6) is 5.75 Å². The van der Waals surface area contributed by atoms with Crippen molar-refractivity contribution in [1.29, 1.82) is 5.26 Å². The first-order valence-electron chi connectivity index (χ1n) is 10.4. The zero-order valence-corrected chi connectivity index (χ0v) is 16.7. The molecule has 1 aliphatic carbocycles. The SMILES string of the molecule is CCCCc1ccc(OC(=O)C2CCC(CCC=CC=C(F)C#N)CC2)cc1. The van der Waals surface area contributed by atoms with Gasteiger partial charge in [-0.05, 0) is 81.1 Å². The molecule has 1 aromatic carbocycles. The fourth-order valence-electron chi connectivity index (χ4n) is 3.61. The molecule has 0 unspecified atom stereocenters. The van der Waals surface area contributed by atoms with Gasteiger partial charge in [0.05, 0.1) is 5.92 Å². The lowest BCUT2D eigenvalue weighted by molar-refractivity contribution is -0.140. The average Bonchev–Trinajstić information content (AvgIpc) is 2.73. The number of allylic oxidation sites excluding steroid dienone is 4. The number of ether oxygens (including phenoxy) is 1. The van der Waals surface area contributed by atoms with Crippen molar-refractivity contribution in [2.24, 2.45) is 11.8 Å². The Morgan fingerprint density at radius 2 is 1.96 bits per heavy atom. The van der Waals surface area contributed by atoms with Crippen molar-refractivity contribution in [3.63, 3.8) is 0 Å². The Balaban J connectivity index is 1.69. The van der Waals surface area contributed by atoms with Crippen LogP contribution in [-0.4, -0.2) is 5.97 Å². The van der Waals surface area contributed by atoms with Crippen LogP contribution in [0, 0.1) is 23.2 Å². The molecule has 0 atom stereocenters. The Hall–Kier alpha value is -2.41. The van der Waals surface area contributed by atoms with Gasteiger partial charge in [-0.1, -0.05) is 37.6 Å². The van der Waals surface area contributed by atoms with E-state index in [4.69, 9.17) is 10.00 Å². The summed E-state index contributed by atoms with van der Waals surface area (Å²) in [4.78, 5) is 12.4. The largest absolute Gasteiger partial charge is 0.426 e. The number of carbonyl (C=O) groups is 1. The highest BCUT2D eigenvalue weighted by molar-refractivity contribution is 5.75. The van der Waals surface area contributed by atoms with Crippen molar-refractivity contribution in [3.05, 3.63) is 53.9 Å². The number of nitriles is 1. The molecule has 0 N–H and O–H groups in total. The summed E-state index contributed by atoms with van der Waals surface area (Å²) < 4.78 is 18.2. The molecule has 1 saturated carbocycles. The molecule has 3 nitrogen and oxygen atoms in total. The van der Waals surface area contributed by atoms with E-state index in [1.54, 1.807) is 6.08 Å². The summed E-state index contributed by atoms with van der Waals surface area (Å²) in [6, 6.07) is 9.32. The van der Waals surface area contributed by atoms with Crippen LogP contribution in [0.2, 0.25) is 0 Å². The van der Waals surface area contributed by atoms with E-state index in [0.717, 1.165) is 44.9 Å². The molecule has 1 aromatic rings. The number of nitrogens with zero attached hydrogens (tertiary/aromatic N) is 1. The van der Waals surface area contributed by atoms with Crippen LogP contribution in [0.1, 0.15) is 63.9 Å². The normalized spacial score (nSPS) is 20.1. The van der Waals surface area contributed by atoms with E-state index in [1.807, 2.05) is 30.3 Å². The minimum atomic E-state index is -0.772. The molecular formula is C24H30FNO2. The second-order valence-corrected chi connectivity index (χ2v) is 7.52. The molecule has 0 aliphatic heterocycles. The lowest BCUT2D eigenvalue weighted by Crippen LogP contribution is -2.25. The molecule has 0 heterocycles. The van der Waals surface area contributed by atoms with E-state index in [2.05, 4.69) is 6.92 Å². The first-order valence-corrected chi connectivity index (χ1v) is 10.4. The molecule has 0 saturated heterocycles. The summed E-state index contributed by atoms with van der Waals surface area (Å²) in [5.41, 5.74) is 1.28. The first-order chi connectivity index (χ1) is 13.6. The Bertz CT molecular complexity index is 707. The zero-order chi connectivity index (χ0) is 20.2. The van der Waals surface area contributed by atoms with Crippen molar-refractivity contribution in [2.45, 2.75) is 64.7 Å². The number of carbonyl (C=O) groups excluding carboxylic acids is 1. The summed E-state index contributed by atoms with van der Waals surface area (Å²) >= 11 is 0. The van der Waals surface area contributed by atoms with Gasteiger partial charge in [-0.25, -0.2) is 0 Å². The maximum absolute atomic E-state index is 12.7. The fraction of sp³-hybridized carbons (Fsp3) is 0.500. The molecule has 1 fully saturated rings. The summed E-state index contributed by atoms with van der Waals surface area (Å²) in [5.74, 6) is 0.327. The number of hydrogen-bond donors (Lipinski definition) is 0. The monoisotopic (exact) mass is 383 g/mol. The second kappa shape index (κ2) is 12.1. The summed E-state index contributed by atoms with van der Waals surface area (Å²) in [6.45, 7) is 2.18. The van der Waals surface area contributed by atoms with Gasteiger partial charge in [0.15, 0.2) is 5.83 Å². The number of unbranched alkanes of at least 4 members (excludes halogenated alkanes) is 1. The summed E-state index contributed by atoms with van der Waals surface area (Å²) in [7, 11) is 0. The van der Waals surface area contributed by atoms with Crippen LogP contribution in [0.15, 0.2) is 48.3 Å². The van der Waals surface area contributed by atoms with E-state index < -0.39 is 5.83 Å². The van der Waals surface area contributed by atoms with Gasteiger partial charge in [0, 0.05) is 0 Å².